The van der Waals surface area contributed by atoms with Crippen molar-refractivity contribution in [2.45, 2.75) is 26.8 Å². The Morgan fingerprint density at radius 3 is 2.28 bits per heavy atom. The van der Waals surface area contributed by atoms with E-state index in [1.807, 2.05) is 55.5 Å². The van der Waals surface area contributed by atoms with Crippen LogP contribution in [-0.4, -0.2) is 37.0 Å². The van der Waals surface area contributed by atoms with Crippen molar-refractivity contribution in [2.75, 3.05) is 30.0 Å². The number of ether oxygens (including phenoxy) is 1. The second-order valence-corrected chi connectivity index (χ2v) is 8.97. The van der Waals surface area contributed by atoms with Crippen molar-refractivity contribution in [1.82, 2.24) is 0 Å². The number of aliphatic hydroxyl groups is 1. The van der Waals surface area contributed by atoms with Crippen molar-refractivity contribution >= 4 is 40.4 Å². The lowest BCUT2D eigenvalue weighted by Gasteiger charge is -2.27. The van der Waals surface area contributed by atoms with Crippen molar-refractivity contribution in [1.29, 1.82) is 0 Å². The second-order valence-electron chi connectivity index (χ2n) is 8.56. The number of hydrogen-bond acceptors (Lipinski definition) is 5. The molecule has 3 aromatic rings. The summed E-state index contributed by atoms with van der Waals surface area (Å²) in [7, 11) is 1.50. The van der Waals surface area contributed by atoms with Crippen molar-refractivity contribution in [3.05, 3.63) is 94.0 Å². The molecule has 7 heteroatoms. The van der Waals surface area contributed by atoms with Gasteiger partial charge in [-0.15, -0.1) is 0 Å². The van der Waals surface area contributed by atoms with Gasteiger partial charge in [0, 0.05) is 30.0 Å². The molecule has 4 rings (SSSR count). The molecule has 36 heavy (non-hydrogen) atoms. The number of halogens is 1. The third kappa shape index (κ3) is 4.44. The average Bonchev–Trinajstić information content (AvgIpc) is 3.15. The average molecular weight is 505 g/mol. The highest BCUT2D eigenvalue weighted by molar-refractivity contribution is 6.51. The quantitative estimate of drug-likeness (QED) is 0.238. The molecule has 1 aliphatic heterocycles. The number of carbonyl (C=O) groups is 2. The molecule has 1 amide bonds. The molecule has 1 aliphatic rings. The van der Waals surface area contributed by atoms with E-state index in [4.69, 9.17) is 16.3 Å². The SMILES string of the molecule is CCN(CC)c1ccc(N2C(=O)C(=O)/C(=C(/O)c3ccc(OC)c(Cl)c3)C2c2ccccc2C)cc1. The molecule has 0 aliphatic carbocycles. The Labute approximate surface area is 216 Å². The van der Waals surface area contributed by atoms with E-state index < -0.39 is 17.7 Å². The number of nitrogens with zero attached hydrogens (tertiary/aromatic N) is 2. The standard InChI is InChI=1S/C29H29ClN2O4/c1-5-31(6-2)20-12-14-21(15-13-20)32-26(22-10-8-7-9-18(22)3)25(28(34)29(32)35)27(33)19-11-16-24(36-4)23(30)17-19/h7-17,26,33H,5-6H2,1-4H3/b27-25+. The summed E-state index contributed by atoms with van der Waals surface area (Å²) >= 11 is 6.29. The third-order valence-corrected chi connectivity index (χ3v) is 6.90. The summed E-state index contributed by atoms with van der Waals surface area (Å²) in [5, 5.41) is 11.6. The lowest BCUT2D eigenvalue weighted by molar-refractivity contribution is -0.132. The first-order valence-electron chi connectivity index (χ1n) is 11.9. The van der Waals surface area contributed by atoms with Crippen LogP contribution in [0.4, 0.5) is 11.4 Å². The number of Topliss-reactive ketones (excluding diaryl/α,β-unsaturated/α-hetero) is 1. The van der Waals surface area contributed by atoms with Gasteiger partial charge in [-0.25, -0.2) is 0 Å². The van der Waals surface area contributed by atoms with Gasteiger partial charge >= 0.3 is 0 Å². The van der Waals surface area contributed by atoms with E-state index in [-0.39, 0.29) is 16.4 Å². The van der Waals surface area contributed by atoms with Crippen LogP contribution in [0.5, 0.6) is 5.75 Å². The fourth-order valence-electron chi connectivity index (χ4n) is 4.67. The first kappa shape index (κ1) is 25.3. The molecule has 1 saturated heterocycles. The topological polar surface area (TPSA) is 70.1 Å². The summed E-state index contributed by atoms with van der Waals surface area (Å²) in [6.07, 6.45) is 0. The molecule has 1 unspecified atom stereocenters. The van der Waals surface area contributed by atoms with E-state index >= 15 is 0 Å². The molecule has 1 fully saturated rings. The summed E-state index contributed by atoms with van der Waals surface area (Å²) in [5.74, 6) is -1.29. The fraction of sp³-hybridized carbons (Fsp3) is 0.241. The monoisotopic (exact) mass is 504 g/mol. The van der Waals surface area contributed by atoms with Crippen LogP contribution in [0.1, 0.15) is 36.6 Å². The first-order chi connectivity index (χ1) is 17.3. The Kier molecular flexibility index (Phi) is 7.36. The van der Waals surface area contributed by atoms with Crippen LogP contribution in [0.25, 0.3) is 5.76 Å². The number of aryl methyl sites for hydroxylation is 1. The number of amides is 1. The van der Waals surface area contributed by atoms with Crippen LogP contribution < -0.4 is 14.5 Å². The maximum absolute atomic E-state index is 13.4. The Bertz CT molecular complexity index is 1330. The number of benzene rings is 3. The molecule has 1 N–H and O–H groups in total. The van der Waals surface area contributed by atoms with Gasteiger partial charge in [-0.3, -0.25) is 14.5 Å². The van der Waals surface area contributed by atoms with Crippen LogP contribution in [0.3, 0.4) is 0 Å². The number of rotatable bonds is 7. The summed E-state index contributed by atoms with van der Waals surface area (Å²) in [4.78, 5) is 30.5. The maximum Gasteiger partial charge on any atom is 0.300 e. The number of carbonyl (C=O) groups excluding carboxylic acids is 2. The van der Waals surface area contributed by atoms with Crippen molar-refractivity contribution in [3.63, 3.8) is 0 Å². The molecule has 3 aromatic carbocycles. The van der Waals surface area contributed by atoms with Crippen LogP contribution in [-0.2, 0) is 9.59 Å². The highest BCUT2D eigenvalue weighted by Crippen LogP contribution is 2.43. The Morgan fingerprint density at radius 2 is 1.69 bits per heavy atom. The zero-order valence-corrected chi connectivity index (χ0v) is 21.5. The molecule has 1 heterocycles. The molecule has 0 radical (unpaired) electrons. The van der Waals surface area contributed by atoms with Gasteiger partial charge < -0.3 is 14.7 Å². The lowest BCUT2D eigenvalue weighted by atomic mass is 9.92. The minimum atomic E-state index is -0.800. The molecular formula is C29H29ClN2O4. The number of methoxy groups -OCH3 is 1. The molecule has 1 atom stereocenters. The van der Waals surface area contributed by atoms with E-state index in [1.54, 1.807) is 12.1 Å². The van der Waals surface area contributed by atoms with Crippen molar-refractivity contribution < 1.29 is 19.4 Å². The normalized spacial score (nSPS) is 16.9. The highest BCUT2D eigenvalue weighted by atomic mass is 35.5. The smallest absolute Gasteiger partial charge is 0.300 e. The largest absolute Gasteiger partial charge is 0.507 e. The minimum absolute atomic E-state index is 0.0170. The molecule has 0 bridgehead atoms. The maximum atomic E-state index is 13.4. The fourth-order valence-corrected chi connectivity index (χ4v) is 4.93. The third-order valence-electron chi connectivity index (χ3n) is 6.61. The zero-order valence-electron chi connectivity index (χ0n) is 20.8. The van der Waals surface area contributed by atoms with Crippen LogP contribution in [0.15, 0.2) is 72.3 Å². The predicted molar refractivity (Wildman–Crippen MR) is 144 cm³/mol. The van der Waals surface area contributed by atoms with Gasteiger partial charge in [-0.1, -0.05) is 35.9 Å². The van der Waals surface area contributed by atoms with Crippen LogP contribution >= 0.6 is 11.6 Å². The number of anilines is 2. The minimum Gasteiger partial charge on any atom is -0.507 e. The molecule has 186 valence electrons. The molecular weight excluding hydrogens is 476 g/mol. The number of ketones is 1. The first-order valence-corrected chi connectivity index (χ1v) is 12.3. The van der Waals surface area contributed by atoms with E-state index in [0.717, 1.165) is 29.9 Å². The highest BCUT2D eigenvalue weighted by Gasteiger charge is 2.47. The van der Waals surface area contributed by atoms with Crippen molar-refractivity contribution in [3.8, 4) is 5.75 Å². The number of aliphatic hydroxyl groups excluding tert-OH is 1. The second kappa shape index (κ2) is 10.5. The summed E-state index contributed by atoms with van der Waals surface area (Å²) in [5.41, 5.74) is 3.60. The molecule has 6 nitrogen and oxygen atoms in total. The van der Waals surface area contributed by atoms with Gasteiger partial charge in [-0.05, 0) is 74.4 Å². The van der Waals surface area contributed by atoms with E-state index in [0.29, 0.717) is 17.0 Å². The van der Waals surface area contributed by atoms with Gasteiger partial charge in [0.05, 0.1) is 23.7 Å². The summed E-state index contributed by atoms with van der Waals surface area (Å²) in [6, 6.07) is 19.1. The van der Waals surface area contributed by atoms with E-state index in [9.17, 15) is 14.7 Å². The Hall–Kier alpha value is -3.77. The zero-order chi connectivity index (χ0) is 26.0. The van der Waals surface area contributed by atoms with Crippen LogP contribution in [0, 0.1) is 6.92 Å². The van der Waals surface area contributed by atoms with Gasteiger partial charge in [0.15, 0.2) is 0 Å². The summed E-state index contributed by atoms with van der Waals surface area (Å²) < 4.78 is 5.20. The van der Waals surface area contributed by atoms with Crippen LogP contribution in [0.2, 0.25) is 5.02 Å². The van der Waals surface area contributed by atoms with E-state index in [2.05, 4.69) is 18.7 Å². The summed E-state index contributed by atoms with van der Waals surface area (Å²) in [6.45, 7) is 7.80. The lowest BCUT2D eigenvalue weighted by Crippen LogP contribution is -2.30. The molecule has 0 aromatic heterocycles. The van der Waals surface area contributed by atoms with Gasteiger partial charge in [-0.2, -0.15) is 0 Å². The molecule has 0 saturated carbocycles. The predicted octanol–water partition coefficient (Wildman–Crippen LogP) is 6.13. The Morgan fingerprint density at radius 1 is 1.03 bits per heavy atom. The van der Waals surface area contributed by atoms with Gasteiger partial charge in [0.1, 0.15) is 11.5 Å². The van der Waals surface area contributed by atoms with Gasteiger partial charge in [0.25, 0.3) is 11.7 Å². The Balaban J connectivity index is 1.89. The van der Waals surface area contributed by atoms with E-state index in [1.165, 1.54) is 18.1 Å². The van der Waals surface area contributed by atoms with Gasteiger partial charge in [0.2, 0.25) is 0 Å². The molecule has 0 spiro atoms. The number of hydrogen-bond donors (Lipinski definition) is 1. The van der Waals surface area contributed by atoms with Crippen molar-refractivity contribution in [2.24, 2.45) is 0 Å².